The third kappa shape index (κ3) is 3.33. The van der Waals surface area contributed by atoms with Gasteiger partial charge in [0.2, 0.25) is 0 Å². The standard InChI is InChI=1S/C13H8NO4PS.4H2/c1-3-15-19(20,16-4-2)18-13-10-12(17-14-13)11-8-6-5-7-9-11;;;;/h1-2,5-10H;4*1H. The molecule has 108 valence electrons. The summed E-state index contributed by atoms with van der Waals surface area (Å²) in [6.45, 7) is -3.28. The molecule has 0 aliphatic rings. The molecule has 0 radical (unpaired) electrons. The van der Waals surface area contributed by atoms with E-state index in [1.807, 2.05) is 42.5 Å². The Hall–Kier alpha value is -2.40. The monoisotopic (exact) mass is 313 g/mol. The van der Waals surface area contributed by atoms with Crippen LogP contribution in [0.5, 0.6) is 5.88 Å². The van der Waals surface area contributed by atoms with Gasteiger partial charge in [0.05, 0.1) is 6.07 Å². The van der Waals surface area contributed by atoms with Crippen molar-refractivity contribution < 1.29 is 23.8 Å². The summed E-state index contributed by atoms with van der Waals surface area (Å²) < 4.78 is 20.0. The highest BCUT2D eigenvalue weighted by Gasteiger charge is 2.26. The van der Waals surface area contributed by atoms with Crippen LogP contribution in [0.3, 0.4) is 0 Å². The molecule has 0 unspecified atom stereocenters. The molecule has 7 heteroatoms. The Balaban J connectivity index is -0.00000110. The summed E-state index contributed by atoms with van der Waals surface area (Å²) in [6, 6.07) is 10.9. The van der Waals surface area contributed by atoms with E-state index in [9.17, 15) is 0 Å². The van der Waals surface area contributed by atoms with Crippen molar-refractivity contribution in [2.24, 2.45) is 0 Å². The van der Waals surface area contributed by atoms with E-state index in [2.05, 4.69) is 5.16 Å². The second-order valence-electron chi connectivity index (χ2n) is 3.35. The summed E-state index contributed by atoms with van der Waals surface area (Å²) in [6.07, 6.45) is 13.8. The van der Waals surface area contributed by atoms with Gasteiger partial charge in [0.25, 0.3) is 5.88 Å². The maximum Gasteiger partial charge on any atom is 0.508 e. The van der Waals surface area contributed by atoms with Gasteiger partial charge in [-0.3, -0.25) is 0 Å². The maximum atomic E-state index is 5.28. The zero-order valence-corrected chi connectivity index (χ0v) is 11.8. The number of terminal acetylenes is 2. The van der Waals surface area contributed by atoms with Crippen molar-refractivity contribution in [2.75, 3.05) is 0 Å². The molecule has 1 heterocycles. The molecule has 1 aromatic carbocycles. The van der Waals surface area contributed by atoms with Gasteiger partial charge in [0.1, 0.15) is 12.2 Å². The first-order chi connectivity index (χ1) is 9.67. The molecule has 2 rings (SSSR count). The number of rotatable bonds is 5. The minimum absolute atomic E-state index is 0. The fourth-order valence-corrected chi connectivity index (χ4v) is 2.51. The largest absolute Gasteiger partial charge is 0.508 e. The minimum atomic E-state index is -3.28. The normalized spacial score (nSPS) is 10.1. The molecule has 0 saturated carbocycles. The Bertz CT molecular complexity index is 710. The van der Waals surface area contributed by atoms with Crippen molar-refractivity contribution >= 4 is 18.5 Å². The van der Waals surface area contributed by atoms with Gasteiger partial charge in [-0.05, 0) is 5.16 Å². The second kappa shape index (κ2) is 6.16. The van der Waals surface area contributed by atoms with Crippen LogP contribution in [0.2, 0.25) is 0 Å². The SMILES string of the molecule is C#COP(=S)(OC#C)Oc1cc(-c2ccccc2)on1.[HH].[HH].[HH].[HH]. The Kier molecular flexibility index (Phi) is 4.32. The summed E-state index contributed by atoms with van der Waals surface area (Å²) in [5, 5.41) is 3.71. The minimum Gasteiger partial charge on any atom is -0.384 e. The molecule has 0 atom stereocenters. The van der Waals surface area contributed by atoms with E-state index in [0.717, 1.165) is 5.56 Å². The molecular weight excluding hydrogens is 297 g/mol. The smallest absolute Gasteiger partial charge is 0.384 e. The number of hydrogen-bond donors (Lipinski definition) is 0. The highest BCUT2D eigenvalue weighted by molar-refractivity contribution is 8.07. The van der Waals surface area contributed by atoms with Gasteiger partial charge in [-0.2, -0.15) is 0 Å². The number of hydrogen-bond acceptors (Lipinski definition) is 6. The van der Waals surface area contributed by atoms with Crippen LogP contribution in [-0.2, 0) is 20.9 Å². The molecule has 20 heavy (non-hydrogen) atoms. The first-order valence-corrected chi connectivity index (χ1v) is 7.82. The molecule has 0 amide bonds. The van der Waals surface area contributed by atoms with Crippen LogP contribution in [-0.4, -0.2) is 5.16 Å². The van der Waals surface area contributed by atoms with Crippen LogP contribution in [0.1, 0.15) is 5.71 Å². The van der Waals surface area contributed by atoms with E-state index in [-0.39, 0.29) is 11.6 Å². The van der Waals surface area contributed by atoms with Gasteiger partial charge >= 0.3 is 6.72 Å². The summed E-state index contributed by atoms with van der Waals surface area (Å²) in [4.78, 5) is 0. The second-order valence-corrected chi connectivity index (χ2v) is 6.14. The van der Waals surface area contributed by atoms with Gasteiger partial charge < -0.3 is 18.1 Å². The summed E-state index contributed by atoms with van der Waals surface area (Å²) in [5.74, 6) is 0.584. The van der Waals surface area contributed by atoms with Crippen LogP contribution in [0.15, 0.2) is 40.9 Å². The molecule has 0 fully saturated rings. The molecule has 0 aliphatic heterocycles. The predicted molar refractivity (Wildman–Crippen MR) is 85.1 cm³/mol. The van der Waals surface area contributed by atoms with E-state index in [1.165, 1.54) is 6.07 Å². The van der Waals surface area contributed by atoms with Crippen LogP contribution in [0.25, 0.3) is 11.3 Å². The molecule has 5 nitrogen and oxygen atoms in total. The lowest BCUT2D eigenvalue weighted by Gasteiger charge is -2.13. The average molecular weight is 313 g/mol. The summed E-state index contributed by atoms with van der Waals surface area (Å²) >= 11 is 4.99. The van der Waals surface area contributed by atoms with E-state index < -0.39 is 6.72 Å². The lowest BCUT2D eigenvalue weighted by atomic mass is 10.2. The quantitative estimate of drug-likeness (QED) is 0.611. The Morgan fingerprint density at radius 3 is 2.45 bits per heavy atom. The Morgan fingerprint density at radius 1 is 1.20 bits per heavy atom. The van der Waals surface area contributed by atoms with E-state index in [0.29, 0.717) is 5.76 Å². The average Bonchev–Trinajstić information content (AvgIpc) is 2.88. The van der Waals surface area contributed by atoms with Crippen molar-refractivity contribution in [1.82, 2.24) is 5.16 Å². The topological polar surface area (TPSA) is 53.7 Å². The van der Waals surface area contributed by atoms with Gasteiger partial charge in [-0.25, -0.2) is 0 Å². The van der Waals surface area contributed by atoms with Crippen molar-refractivity contribution in [3.8, 4) is 42.3 Å². The highest BCUT2D eigenvalue weighted by atomic mass is 32.5. The predicted octanol–water partition coefficient (Wildman–Crippen LogP) is 4.14. The zero-order valence-electron chi connectivity index (χ0n) is 10.1. The van der Waals surface area contributed by atoms with Gasteiger partial charge in [0, 0.05) is 23.1 Å². The molecule has 0 N–H and O–H groups in total. The van der Waals surface area contributed by atoms with Crippen molar-refractivity contribution in [3.05, 3.63) is 36.4 Å². The molecule has 2 aromatic rings. The van der Waals surface area contributed by atoms with Crippen molar-refractivity contribution in [3.63, 3.8) is 0 Å². The lowest BCUT2D eigenvalue weighted by molar-refractivity contribution is 0.329. The zero-order chi connectivity index (χ0) is 14.4. The van der Waals surface area contributed by atoms with Crippen LogP contribution in [0.4, 0.5) is 0 Å². The molecule has 0 spiro atoms. The Labute approximate surface area is 127 Å². The first kappa shape index (κ1) is 14.0. The van der Waals surface area contributed by atoms with E-state index in [1.54, 1.807) is 0 Å². The molecule has 0 bridgehead atoms. The van der Waals surface area contributed by atoms with Crippen molar-refractivity contribution in [1.29, 1.82) is 0 Å². The Morgan fingerprint density at radius 2 is 1.85 bits per heavy atom. The summed E-state index contributed by atoms with van der Waals surface area (Å²) in [5.41, 5.74) is 0.832. The molecule has 1 aromatic heterocycles. The third-order valence-electron chi connectivity index (χ3n) is 2.08. The number of aromatic nitrogens is 1. The fourth-order valence-electron chi connectivity index (χ4n) is 1.34. The highest BCUT2D eigenvalue weighted by Crippen LogP contribution is 2.49. The lowest BCUT2D eigenvalue weighted by Crippen LogP contribution is -1.96. The molecule has 0 aliphatic carbocycles. The van der Waals surface area contributed by atoms with Gasteiger partial charge in [-0.15, -0.1) is 0 Å². The fraction of sp³-hybridized carbons (Fsp3) is 0. The first-order valence-electron chi connectivity index (χ1n) is 5.27. The number of benzene rings is 1. The summed E-state index contributed by atoms with van der Waals surface area (Å²) in [7, 11) is 0. The van der Waals surface area contributed by atoms with E-state index >= 15 is 0 Å². The molecule has 0 saturated heterocycles. The molecular formula is C13H16NO4PS. The van der Waals surface area contributed by atoms with Crippen molar-refractivity contribution in [2.45, 2.75) is 0 Å². The number of nitrogens with zero attached hydrogens (tertiary/aromatic N) is 1. The van der Waals surface area contributed by atoms with Crippen LogP contribution < -0.4 is 4.52 Å². The van der Waals surface area contributed by atoms with E-state index in [4.69, 9.17) is 42.7 Å². The van der Waals surface area contributed by atoms with Gasteiger partial charge in [0.15, 0.2) is 5.76 Å². The maximum absolute atomic E-state index is 5.28. The van der Waals surface area contributed by atoms with Crippen LogP contribution in [0, 0.1) is 25.1 Å². The third-order valence-corrected chi connectivity index (χ3v) is 3.82. The van der Waals surface area contributed by atoms with Crippen LogP contribution >= 0.6 is 6.72 Å². The van der Waals surface area contributed by atoms with Gasteiger partial charge in [-0.1, -0.05) is 43.2 Å².